The van der Waals surface area contributed by atoms with E-state index in [2.05, 4.69) is 24.8 Å². The molecular formula is C12H18OS. The molecule has 0 saturated carbocycles. The van der Waals surface area contributed by atoms with Gasteiger partial charge in [-0.25, -0.2) is 0 Å². The SMILES string of the molecule is CCOc1ccccc1CCCCS. The van der Waals surface area contributed by atoms with Gasteiger partial charge < -0.3 is 4.74 Å². The van der Waals surface area contributed by atoms with Crippen LogP contribution in [0.3, 0.4) is 0 Å². The fraction of sp³-hybridized carbons (Fsp3) is 0.500. The van der Waals surface area contributed by atoms with Gasteiger partial charge in [0.1, 0.15) is 5.75 Å². The van der Waals surface area contributed by atoms with Gasteiger partial charge in [-0.05, 0) is 43.6 Å². The third kappa shape index (κ3) is 3.62. The van der Waals surface area contributed by atoms with Gasteiger partial charge >= 0.3 is 0 Å². The topological polar surface area (TPSA) is 9.23 Å². The van der Waals surface area contributed by atoms with Crippen LogP contribution in [0.15, 0.2) is 24.3 Å². The summed E-state index contributed by atoms with van der Waals surface area (Å²) in [7, 11) is 0. The summed E-state index contributed by atoms with van der Waals surface area (Å²) in [5.74, 6) is 2.01. The number of unbranched alkanes of at least 4 members (excludes halogenated alkanes) is 1. The summed E-state index contributed by atoms with van der Waals surface area (Å²) in [6.45, 7) is 2.76. The highest BCUT2D eigenvalue weighted by Gasteiger charge is 2.00. The normalized spacial score (nSPS) is 10.1. The van der Waals surface area contributed by atoms with Crippen molar-refractivity contribution in [1.29, 1.82) is 0 Å². The van der Waals surface area contributed by atoms with Gasteiger partial charge in [-0.1, -0.05) is 18.2 Å². The molecule has 0 amide bonds. The standard InChI is InChI=1S/C12H18OS/c1-2-13-12-9-4-3-7-11(12)8-5-6-10-14/h3-4,7,9,14H,2,5-6,8,10H2,1H3. The minimum atomic E-state index is 0.740. The molecule has 0 bridgehead atoms. The number of hydrogen-bond acceptors (Lipinski definition) is 2. The second-order valence-corrected chi connectivity index (χ2v) is 3.67. The predicted octanol–water partition coefficient (Wildman–Crippen LogP) is 3.34. The van der Waals surface area contributed by atoms with Crippen molar-refractivity contribution >= 4 is 12.6 Å². The van der Waals surface area contributed by atoms with E-state index >= 15 is 0 Å². The van der Waals surface area contributed by atoms with Gasteiger partial charge in [0, 0.05) is 0 Å². The van der Waals surface area contributed by atoms with Gasteiger partial charge in [-0.3, -0.25) is 0 Å². The van der Waals surface area contributed by atoms with Crippen molar-refractivity contribution < 1.29 is 4.74 Å². The van der Waals surface area contributed by atoms with Crippen LogP contribution >= 0.6 is 12.6 Å². The number of ether oxygens (including phenoxy) is 1. The Bertz CT molecular complexity index is 260. The molecule has 0 unspecified atom stereocenters. The lowest BCUT2D eigenvalue weighted by atomic mass is 10.1. The van der Waals surface area contributed by atoms with Crippen LogP contribution in [0.1, 0.15) is 25.3 Å². The molecule has 78 valence electrons. The van der Waals surface area contributed by atoms with Crippen molar-refractivity contribution in [3.63, 3.8) is 0 Å². The Kier molecular flexibility index (Phi) is 5.53. The molecule has 1 aromatic rings. The van der Waals surface area contributed by atoms with Gasteiger partial charge in [0.15, 0.2) is 0 Å². The Morgan fingerprint density at radius 2 is 2.00 bits per heavy atom. The highest BCUT2D eigenvalue weighted by atomic mass is 32.1. The lowest BCUT2D eigenvalue weighted by Gasteiger charge is -2.09. The molecule has 0 fully saturated rings. The van der Waals surface area contributed by atoms with E-state index < -0.39 is 0 Å². The highest BCUT2D eigenvalue weighted by Crippen LogP contribution is 2.19. The summed E-state index contributed by atoms with van der Waals surface area (Å²) in [6, 6.07) is 8.27. The second-order valence-electron chi connectivity index (χ2n) is 3.22. The zero-order chi connectivity index (χ0) is 10.2. The fourth-order valence-corrected chi connectivity index (χ4v) is 1.66. The maximum absolute atomic E-state index is 5.55. The zero-order valence-corrected chi connectivity index (χ0v) is 9.59. The molecule has 0 spiro atoms. The first kappa shape index (κ1) is 11.4. The number of hydrogen-bond donors (Lipinski definition) is 1. The number of benzene rings is 1. The average molecular weight is 210 g/mol. The number of rotatable bonds is 6. The molecule has 1 rings (SSSR count). The van der Waals surface area contributed by atoms with Crippen LogP contribution in [0.2, 0.25) is 0 Å². The van der Waals surface area contributed by atoms with Gasteiger partial charge in [-0.15, -0.1) is 0 Å². The first-order valence-corrected chi connectivity index (χ1v) is 5.83. The van der Waals surface area contributed by atoms with E-state index in [1.54, 1.807) is 0 Å². The molecule has 0 saturated heterocycles. The number of aryl methyl sites for hydroxylation is 1. The van der Waals surface area contributed by atoms with E-state index in [4.69, 9.17) is 4.74 Å². The van der Waals surface area contributed by atoms with E-state index in [-0.39, 0.29) is 0 Å². The molecule has 0 aliphatic rings. The van der Waals surface area contributed by atoms with E-state index in [1.807, 2.05) is 19.1 Å². The van der Waals surface area contributed by atoms with Crippen LogP contribution in [-0.4, -0.2) is 12.4 Å². The van der Waals surface area contributed by atoms with Gasteiger partial charge in [0.05, 0.1) is 6.61 Å². The van der Waals surface area contributed by atoms with Gasteiger partial charge in [0.2, 0.25) is 0 Å². The third-order valence-electron chi connectivity index (χ3n) is 2.13. The Labute approximate surface area is 91.9 Å². The molecule has 0 aromatic heterocycles. The summed E-state index contributed by atoms with van der Waals surface area (Å²) in [5, 5.41) is 0. The van der Waals surface area contributed by atoms with Crippen molar-refractivity contribution in [2.24, 2.45) is 0 Å². The lowest BCUT2D eigenvalue weighted by Crippen LogP contribution is -1.96. The summed E-state index contributed by atoms with van der Waals surface area (Å²) < 4.78 is 5.55. The lowest BCUT2D eigenvalue weighted by molar-refractivity contribution is 0.336. The molecule has 0 heterocycles. The summed E-state index contributed by atoms with van der Waals surface area (Å²) in [6.07, 6.45) is 3.45. The predicted molar refractivity (Wildman–Crippen MR) is 64.4 cm³/mol. The molecule has 0 aliphatic carbocycles. The molecule has 14 heavy (non-hydrogen) atoms. The van der Waals surface area contributed by atoms with E-state index in [9.17, 15) is 0 Å². The molecule has 1 aromatic carbocycles. The van der Waals surface area contributed by atoms with Crippen molar-refractivity contribution in [1.82, 2.24) is 0 Å². The van der Waals surface area contributed by atoms with Crippen LogP contribution in [0.5, 0.6) is 5.75 Å². The highest BCUT2D eigenvalue weighted by molar-refractivity contribution is 7.80. The minimum Gasteiger partial charge on any atom is -0.494 e. The molecule has 1 nitrogen and oxygen atoms in total. The van der Waals surface area contributed by atoms with Crippen LogP contribution in [-0.2, 0) is 6.42 Å². The Balaban J connectivity index is 2.55. The summed E-state index contributed by atoms with van der Waals surface area (Å²) in [4.78, 5) is 0. The van der Waals surface area contributed by atoms with Crippen molar-refractivity contribution in [3.05, 3.63) is 29.8 Å². The smallest absolute Gasteiger partial charge is 0.122 e. The maximum atomic E-state index is 5.55. The molecule has 0 aliphatic heterocycles. The first-order chi connectivity index (χ1) is 6.88. The Hall–Kier alpha value is -0.630. The molecule has 0 atom stereocenters. The largest absolute Gasteiger partial charge is 0.494 e. The number of para-hydroxylation sites is 1. The molecular weight excluding hydrogens is 192 g/mol. The molecule has 0 radical (unpaired) electrons. The maximum Gasteiger partial charge on any atom is 0.122 e. The number of thiol groups is 1. The van der Waals surface area contributed by atoms with Crippen molar-refractivity contribution in [2.45, 2.75) is 26.2 Å². The van der Waals surface area contributed by atoms with E-state index in [1.165, 1.54) is 18.4 Å². The van der Waals surface area contributed by atoms with E-state index in [0.29, 0.717) is 0 Å². The minimum absolute atomic E-state index is 0.740. The Morgan fingerprint density at radius 1 is 1.21 bits per heavy atom. The zero-order valence-electron chi connectivity index (χ0n) is 8.70. The summed E-state index contributed by atoms with van der Waals surface area (Å²) >= 11 is 4.20. The Morgan fingerprint density at radius 3 is 2.71 bits per heavy atom. The van der Waals surface area contributed by atoms with Crippen LogP contribution in [0.4, 0.5) is 0 Å². The van der Waals surface area contributed by atoms with Gasteiger partial charge in [-0.2, -0.15) is 12.6 Å². The van der Waals surface area contributed by atoms with Crippen molar-refractivity contribution in [3.8, 4) is 5.75 Å². The second kappa shape index (κ2) is 6.77. The van der Waals surface area contributed by atoms with E-state index in [0.717, 1.165) is 24.5 Å². The van der Waals surface area contributed by atoms with Crippen LogP contribution in [0, 0.1) is 0 Å². The monoisotopic (exact) mass is 210 g/mol. The summed E-state index contributed by atoms with van der Waals surface area (Å²) in [5.41, 5.74) is 1.32. The van der Waals surface area contributed by atoms with Gasteiger partial charge in [0.25, 0.3) is 0 Å². The first-order valence-electron chi connectivity index (χ1n) is 5.20. The van der Waals surface area contributed by atoms with Crippen LogP contribution in [0.25, 0.3) is 0 Å². The fourth-order valence-electron chi connectivity index (χ4n) is 1.43. The quantitative estimate of drug-likeness (QED) is 0.559. The average Bonchev–Trinajstić information content (AvgIpc) is 2.21. The third-order valence-corrected chi connectivity index (χ3v) is 2.44. The van der Waals surface area contributed by atoms with Crippen molar-refractivity contribution in [2.75, 3.05) is 12.4 Å². The van der Waals surface area contributed by atoms with Crippen LogP contribution < -0.4 is 4.74 Å². The molecule has 0 N–H and O–H groups in total. The molecule has 2 heteroatoms.